The quantitative estimate of drug-likeness (QED) is 0.819. The number of allylic oxidation sites excluding steroid dienone is 3. The fraction of sp³-hybridized carbons (Fsp3) is 0.286. The standard InChI is InChI=1S/C14H13BrO/c15-13-11-7-6-10(8-11)12(13)14(16)9-4-2-1-3-5-9/h1-7,10-11,14,16H,8H2. The topological polar surface area (TPSA) is 20.2 Å². The molecule has 16 heavy (non-hydrogen) atoms. The van der Waals surface area contributed by atoms with E-state index in [0.717, 1.165) is 17.6 Å². The third kappa shape index (κ3) is 1.48. The molecule has 1 nitrogen and oxygen atoms in total. The van der Waals surface area contributed by atoms with Gasteiger partial charge in [0.2, 0.25) is 0 Å². The summed E-state index contributed by atoms with van der Waals surface area (Å²) >= 11 is 3.63. The maximum absolute atomic E-state index is 10.4. The Hall–Kier alpha value is -0.860. The first-order valence-electron chi connectivity index (χ1n) is 5.58. The summed E-state index contributed by atoms with van der Waals surface area (Å²) in [6.45, 7) is 0. The molecule has 2 bridgehead atoms. The second-order valence-corrected chi connectivity index (χ2v) is 5.30. The van der Waals surface area contributed by atoms with Crippen LogP contribution in [0.2, 0.25) is 0 Å². The zero-order chi connectivity index (χ0) is 11.1. The Morgan fingerprint density at radius 1 is 1.12 bits per heavy atom. The SMILES string of the molecule is OC(C1=C(Br)C2C=CC1C2)c1ccccc1. The van der Waals surface area contributed by atoms with Crippen molar-refractivity contribution in [1.29, 1.82) is 0 Å². The molecule has 3 rings (SSSR count). The van der Waals surface area contributed by atoms with Gasteiger partial charge in [-0.3, -0.25) is 0 Å². The Morgan fingerprint density at radius 3 is 2.44 bits per heavy atom. The van der Waals surface area contributed by atoms with Gasteiger partial charge in [-0.1, -0.05) is 58.4 Å². The first-order valence-corrected chi connectivity index (χ1v) is 6.37. The molecule has 0 saturated carbocycles. The first kappa shape index (κ1) is 10.3. The summed E-state index contributed by atoms with van der Waals surface area (Å²) in [6.07, 6.45) is 5.11. The Morgan fingerprint density at radius 2 is 1.81 bits per heavy atom. The summed E-state index contributed by atoms with van der Waals surface area (Å²) in [5.41, 5.74) is 2.13. The zero-order valence-electron chi connectivity index (χ0n) is 8.81. The highest BCUT2D eigenvalue weighted by Gasteiger charge is 2.37. The van der Waals surface area contributed by atoms with E-state index in [4.69, 9.17) is 0 Å². The van der Waals surface area contributed by atoms with Crippen molar-refractivity contribution in [3.8, 4) is 0 Å². The van der Waals surface area contributed by atoms with Gasteiger partial charge in [0.1, 0.15) is 6.10 Å². The van der Waals surface area contributed by atoms with E-state index in [1.807, 2.05) is 30.3 Å². The van der Waals surface area contributed by atoms with Gasteiger partial charge in [-0.05, 0) is 17.6 Å². The Kier molecular flexibility index (Phi) is 2.49. The number of hydrogen-bond acceptors (Lipinski definition) is 1. The van der Waals surface area contributed by atoms with Gasteiger partial charge < -0.3 is 5.11 Å². The van der Waals surface area contributed by atoms with Crippen molar-refractivity contribution >= 4 is 15.9 Å². The van der Waals surface area contributed by atoms with Crippen molar-refractivity contribution in [3.63, 3.8) is 0 Å². The number of fused-ring (bicyclic) bond motifs is 2. The van der Waals surface area contributed by atoms with Gasteiger partial charge in [0, 0.05) is 16.3 Å². The van der Waals surface area contributed by atoms with Crippen LogP contribution >= 0.6 is 15.9 Å². The van der Waals surface area contributed by atoms with Crippen LogP contribution in [0.3, 0.4) is 0 Å². The molecule has 2 aliphatic carbocycles. The molecule has 1 aromatic carbocycles. The predicted molar refractivity (Wildman–Crippen MR) is 68.1 cm³/mol. The minimum Gasteiger partial charge on any atom is -0.384 e. The second-order valence-electron chi connectivity index (χ2n) is 4.45. The molecule has 0 spiro atoms. The Balaban J connectivity index is 1.95. The summed E-state index contributed by atoms with van der Waals surface area (Å²) in [5.74, 6) is 0.924. The highest BCUT2D eigenvalue weighted by molar-refractivity contribution is 9.11. The van der Waals surface area contributed by atoms with Crippen LogP contribution in [0.25, 0.3) is 0 Å². The molecule has 2 aliphatic rings. The van der Waals surface area contributed by atoms with Crippen LogP contribution in [0.15, 0.2) is 52.5 Å². The molecule has 0 saturated heterocycles. The van der Waals surface area contributed by atoms with Crippen LogP contribution in [0.4, 0.5) is 0 Å². The molecule has 3 atom stereocenters. The monoisotopic (exact) mass is 276 g/mol. The predicted octanol–water partition coefficient (Wildman–Crippen LogP) is 3.57. The molecule has 0 amide bonds. The summed E-state index contributed by atoms with van der Waals surface area (Å²) in [7, 11) is 0. The average molecular weight is 277 g/mol. The zero-order valence-corrected chi connectivity index (χ0v) is 10.4. The maximum Gasteiger partial charge on any atom is 0.102 e. The first-order chi connectivity index (χ1) is 7.77. The smallest absolute Gasteiger partial charge is 0.102 e. The van der Waals surface area contributed by atoms with E-state index in [9.17, 15) is 5.11 Å². The molecule has 2 heteroatoms. The van der Waals surface area contributed by atoms with E-state index in [0.29, 0.717) is 11.8 Å². The molecule has 82 valence electrons. The molecule has 0 fully saturated rings. The third-order valence-corrected chi connectivity index (χ3v) is 4.54. The molecular formula is C14H13BrO. The molecule has 1 N–H and O–H groups in total. The number of benzene rings is 1. The van der Waals surface area contributed by atoms with Crippen molar-refractivity contribution < 1.29 is 5.11 Å². The lowest BCUT2D eigenvalue weighted by molar-refractivity contribution is 0.207. The van der Waals surface area contributed by atoms with Gasteiger partial charge in [0.05, 0.1) is 0 Å². The number of aliphatic hydroxyl groups excluding tert-OH is 1. The van der Waals surface area contributed by atoms with Gasteiger partial charge >= 0.3 is 0 Å². The van der Waals surface area contributed by atoms with Crippen LogP contribution in [0.5, 0.6) is 0 Å². The van der Waals surface area contributed by atoms with Crippen LogP contribution in [-0.2, 0) is 0 Å². The highest BCUT2D eigenvalue weighted by Crippen LogP contribution is 2.50. The van der Waals surface area contributed by atoms with E-state index in [1.54, 1.807) is 0 Å². The lowest BCUT2D eigenvalue weighted by Gasteiger charge is -2.19. The second kappa shape index (κ2) is 3.86. The lowest BCUT2D eigenvalue weighted by atomic mass is 9.93. The summed E-state index contributed by atoms with van der Waals surface area (Å²) in [5, 5.41) is 10.4. The molecule has 0 radical (unpaired) electrons. The number of aliphatic hydroxyl groups is 1. The maximum atomic E-state index is 10.4. The fourth-order valence-electron chi connectivity index (χ4n) is 2.66. The number of rotatable bonds is 2. The van der Waals surface area contributed by atoms with Crippen molar-refractivity contribution in [1.82, 2.24) is 0 Å². The van der Waals surface area contributed by atoms with Crippen LogP contribution in [0.1, 0.15) is 18.1 Å². The van der Waals surface area contributed by atoms with Gasteiger partial charge in [-0.15, -0.1) is 0 Å². The van der Waals surface area contributed by atoms with Crippen molar-refractivity contribution in [2.24, 2.45) is 11.8 Å². The average Bonchev–Trinajstić information content (AvgIpc) is 2.90. The minimum absolute atomic E-state index is 0.426. The molecule has 3 unspecified atom stereocenters. The van der Waals surface area contributed by atoms with Crippen molar-refractivity contribution in [2.75, 3.05) is 0 Å². The summed E-state index contributed by atoms with van der Waals surface area (Å²) in [4.78, 5) is 0. The molecular weight excluding hydrogens is 264 g/mol. The van der Waals surface area contributed by atoms with Crippen LogP contribution in [0, 0.1) is 11.8 Å². The number of halogens is 1. The molecule has 0 aliphatic heterocycles. The van der Waals surface area contributed by atoms with Gasteiger partial charge in [-0.25, -0.2) is 0 Å². The molecule has 0 aromatic heterocycles. The Bertz CT molecular complexity index is 461. The summed E-state index contributed by atoms with van der Waals surface area (Å²) < 4.78 is 1.19. The largest absolute Gasteiger partial charge is 0.384 e. The molecule has 0 heterocycles. The van der Waals surface area contributed by atoms with Gasteiger partial charge in [0.25, 0.3) is 0 Å². The van der Waals surface area contributed by atoms with Crippen LogP contribution in [-0.4, -0.2) is 5.11 Å². The van der Waals surface area contributed by atoms with E-state index in [-0.39, 0.29) is 0 Å². The highest BCUT2D eigenvalue weighted by atomic mass is 79.9. The van der Waals surface area contributed by atoms with E-state index in [2.05, 4.69) is 28.1 Å². The summed E-state index contributed by atoms with van der Waals surface area (Å²) in [6, 6.07) is 9.87. The fourth-order valence-corrected chi connectivity index (χ4v) is 3.51. The van der Waals surface area contributed by atoms with Crippen molar-refractivity contribution in [3.05, 3.63) is 58.1 Å². The third-order valence-electron chi connectivity index (χ3n) is 3.49. The minimum atomic E-state index is -0.462. The van der Waals surface area contributed by atoms with E-state index >= 15 is 0 Å². The Labute approximate surface area is 104 Å². The van der Waals surface area contributed by atoms with Crippen LogP contribution < -0.4 is 0 Å². The van der Waals surface area contributed by atoms with E-state index < -0.39 is 6.10 Å². The van der Waals surface area contributed by atoms with Gasteiger partial charge in [0.15, 0.2) is 0 Å². The molecule has 1 aromatic rings. The normalized spacial score (nSPS) is 28.9. The van der Waals surface area contributed by atoms with Crippen molar-refractivity contribution in [2.45, 2.75) is 12.5 Å². The lowest BCUT2D eigenvalue weighted by Crippen LogP contribution is -2.07. The van der Waals surface area contributed by atoms with Gasteiger partial charge in [-0.2, -0.15) is 0 Å². The van der Waals surface area contributed by atoms with E-state index in [1.165, 1.54) is 4.48 Å². The number of hydrogen-bond donors (Lipinski definition) is 1.